The fraction of sp³-hybridized carbons (Fsp3) is 0.385. The van der Waals surface area contributed by atoms with E-state index in [0.29, 0.717) is 12.1 Å². The zero-order chi connectivity index (χ0) is 17.6. The predicted molar refractivity (Wildman–Crippen MR) is 83.7 cm³/mol. The second-order valence-electron chi connectivity index (χ2n) is 5.09. The van der Waals surface area contributed by atoms with Crippen LogP contribution in [0, 0.1) is 0 Å². The lowest BCUT2D eigenvalue weighted by Gasteiger charge is -2.16. The number of benzene rings is 1. The van der Waals surface area contributed by atoms with E-state index in [9.17, 15) is 18.0 Å². The Labute approximate surface area is 143 Å². The van der Waals surface area contributed by atoms with Crippen LogP contribution >= 0.6 is 35.0 Å². The van der Waals surface area contributed by atoms with Crippen molar-refractivity contribution in [3.63, 3.8) is 0 Å². The summed E-state index contributed by atoms with van der Waals surface area (Å²) in [7, 11) is 0. The van der Waals surface area contributed by atoms with Crippen LogP contribution in [-0.2, 0) is 10.9 Å². The molecule has 1 heterocycles. The third-order valence-corrected chi connectivity index (χ3v) is 4.90. The lowest BCUT2D eigenvalue weighted by molar-refractivity contribution is -0.137. The van der Waals surface area contributed by atoms with Gasteiger partial charge in [0.1, 0.15) is 5.69 Å². The van der Waals surface area contributed by atoms with Crippen LogP contribution in [0.5, 0.6) is 0 Å². The minimum atomic E-state index is -4.60. The van der Waals surface area contributed by atoms with Gasteiger partial charge in [0, 0.05) is 0 Å². The Balaban J connectivity index is 2.63. The van der Waals surface area contributed by atoms with Crippen LogP contribution in [0.3, 0.4) is 0 Å². The maximum Gasteiger partial charge on any atom is 0.442 e. The summed E-state index contributed by atoms with van der Waals surface area (Å²) in [5.41, 5.74) is -1.17. The van der Waals surface area contributed by atoms with Crippen molar-refractivity contribution in [1.29, 1.82) is 0 Å². The van der Waals surface area contributed by atoms with Crippen molar-refractivity contribution in [3.8, 4) is 5.69 Å². The van der Waals surface area contributed by atoms with Gasteiger partial charge < -0.3 is 4.42 Å². The van der Waals surface area contributed by atoms with Crippen LogP contribution in [0.15, 0.2) is 21.3 Å². The Morgan fingerprint density at radius 1 is 1.22 bits per heavy atom. The molecule has 0 N–H and O–H groups in total. The van der Waals surface area contributed by atoms with Crippen molar-refractivity contribution < 1.29 is 17.6 Å². The molecule has 2 rings (SSSR count). The average Bonchev–Trinajstić information content (AvgIpc) is 2.80. The number of nitrogens with zero attached hydrogens (tertiary/aromatic N) is 2. The first-order chi connectivity index (χ1) is 10.5. The highest BCUT2D eigenvalue weighted by molar-refractivity contribution is 7.99. The van der Waals surface area contributed by atoms with E-state index in [1.165, 1.54) is 11.8 Å². The number of alkyl halides is 3. The Hall–Kier alpha value is -1.12. The van der Waals surface area contributed by atoms with E-state index in [0.717, 1.165) is 4.68 Å². The van der Waals surface area contributed by atoms with E-state index in [1.54, 1.807) is 20.1 Å². The monoisotopic (exact) mass is 386 g/mol. The van der Waals surface area contributed by atoms with Crippen LogP contribution in [0.4, 0.5) is 13.2 Å². The maximum absolute atomic E-state index is 12.7. The molecule has 0 unspecified atom stereocenters. The fourth-order valence-electron chi connectivity index (χ4n) is 1.68. The second kappa shape index (κ2) is 6.07. The molecule has 0 saturated carbocycles. The molecular weight excluding hydrogens is 376 g/mol. The standard InChI is InChI=1S/C13H11Cl2F3N2O2S/c1-12(2,23-3)10-19-20(11(21)22-10)9-7(14)4-6(5-8(9)15)13(16,17)18/h4-5H,1-3H3. The molecule has 10 heteroatoms. The molecule has 0 aliphatic carbocycles. The van der Waals surface area contributed by atoms with E-state index in [4.69, 9.17) is 27.6 Å². The molecule has 0 aliphatic rings. The highest BCUT2D eigenvalue weighted by atomic mass is 35.5. The second-order valence-corrected chi connectivity index (χ2v) is 7.33. The molecule has 0 aliphatic heterocycles. The lowest BCUT2D eigenvalue weighted by atomic mass is 10.2. The van der Waals surface area contributed by atoms with Gasteiger partial charge >= 0.3 is 11.9 Å². The molecule has 4 nitrogen and oxygen atoms in total. The van der Waals surface area contributed by atoms with Gasteiger partial charge in [0.25, 0.3) is 0 Å². The van der Waals surface area contributed by atoms with E-state index in [1.807, 2.05) is 0 Å². The van der Waals surface area contributed by atoms with Gasteiger partial charge in [-0.2, -0.15) is 17.9 Å². The Morgan fingerprint density at radius 2 is 1.74 bits per heavy atom. The number of halogens is 5. The molecule has 0 amide bonds. The van der Waals surface area contributed by atoms with Crippen LogP contribution in [0.25, 0.3) is 5.69 Å². The van der Waals surface area contributed by atoms with E-state index in [2.05, 4.69) is 5.10 Å². The summed E-state index contributed by atoms with van der Waals surface area (Å²) in [6, 6.07) is 1.37. The summed E-state index contributed by atoms with van der Waals surface area (Å²) in [5, 5.41) is 3.30. The minimum absolute atomic E-state index is 0.113. The SMILES string of the molecule is CSC(C)(C)c1nn(-c2c(Cl)cc(C(F)(F)F)cc2Cl)c(=O)o1. The summed E-state index contributed by atoms with van der Waals surface area (Å²) in [4.78, 5) is 12.0. The van der Waals surface area contributed by atoms with Gasteiger partial charge in [0.2, 0.25) is 5.89 Å². The lowest BCUT2D eigenvalue weighted by Crippen LogP contribution is -2.16. The van der Waals surface area contributed by atoms with Crippen LogP contribution in [-0.4, -0.2) is 16.0 Å². The first kappa shape index (κ1) is 18.2. The molecule has 0 radical (unpaired) electrons. The molecule has 0 spiro atoms. The van der Waals surface area contributed by atoms with Gasteiger partial charge in [0.05, 0.1) is 20.4 Å². The third-order valence-electron chi connectivity index (χ3n) is 3.13. The van der Waals surface area contributed by atoms with Crippen LogP contribution in [0.1, 0.15) is 25.3 Å². The fourth-order valence-corrected chi connectivity index (χ4v) is 2.59. The molecule has 1 aromatic carbocycles. The number of aromatic nitrogens is 2. The number of hydrogen-bond donors (Lipinski definition) is 0. The topological polar surface area (TPSA) is 48.0 Å². The summed E-state index contributed by atoms with van der Waals surface area (Å²) in [6.07, 6.45) is -2.80. The predicted octanol–water partition coefficient (Wildman–Crippen LogP) is 4.75. The summed E-state index contributed by atoms with van der Waals surface area (Å²) >= 11 is 13.1. The molecular formula is C13H11Cl2F3N2O2S. The van der Waals surface area contributed by atoms with E-state index in [-0.39, 0.29) is 21.6 Å². The molecule has 126 valence electrons. The van der Waals surface area contributed by atoms with E-state index >= 15 is 0 Å². The Morgan fingerprint density at radius 3 is 2.17 bits per heavy atom. The quantitative estimate of drug-likeness (QED) is 0.763. The number of thioether (sulfide) groups is 1. The number of hydrogen-bond acceptors (Lipinski definition) is 4. The minimum Gasteiger partial charge on any atom is -0.391 e. The summed E-state index contributed by atoms with van der Waals surface area (Å²) in [5.74, 6) is -0.771. The van der Waals surface area contributed by atoms with Crippen molar-refractivity contribution in [2.45, 2.75) is 24.8 Å². The molecule has 23 heavy (non-hydrogen) atoms. The van der Waals surface area contributed by atoms with Crippen molar-refractivity contribution in [1.82, 2.24) is 9.78 Å². The molecule has 0 bridgehead atoms. The highest BCUT2D eigenvalue weighted by Crippen LogP contribution is 2.37. The van der Waals surface area contributed by atoms with Crippen molar-refractivity contribution in [2.24, 2.45) is 0 Å². The first-order valence-electron chi connectivity index (χ1n) is 6.20. The van der Waals surface area contributed by atoms with Crippen molar-refractivity contribution in [3.05, 3.63) is 44.2 Å². The highest BCUT2D eigenvalue weighted by Gasteiger charge is 2.33. The molecule has 1 aromatic heterocycles. The largest absolute Gasteiger partial charge is 0.442 e. The number of rotatable bonds is 3. The van der Waals surface area contributed by atoms with E-state index < -0.39 is 22.2 Å². The summed E-state index contributed by atoms with van der Waals surface area (Å²) < 4.78 is 43.5. The Bertz CT molecular complexity index is 776. The molecule has 0 atom stereocenters. The first-order valence-corrected chi connectivity index (χ1v) is 8.18. The van der Waals surface area contributed by atoms with Crippen LogP contribution < -0.4 is 5.76 Å². The third kappa shape index (κ3) is 3.54. The van der Waals surface area contributed by atoms with Gasteiger partial charge in [0.15, 0.2) is 0 Å². The van der Waals surface area contributed by atoms with Gasteiger partial charge in [-0.05, 0) is 32.2 Å². The van der Waals surface area contributed by atoms with Gasteiger partial charge in [-0.3, -0.25) is 0 Å². The normalized spacial score (nSPS) is 12.7. The molecule has 0 fully saturated rings. The molecule has 2 aromatic rings. The van der Waals surface area contributed by atoms with Gasteiger partial charge in [-0.15, -0.1) is 16.9 Å². The van der Waals surface area contributed by atoms with Gasteiger partial charge in [-0.1, -0.05) is 23.2 Å². The average molecular weight is 387 g/mol. The Kier molecular flexibility index (Phi) is 4.81. The maximum atomic E-state index is 12.7. The van der Waals surface area contributed by atoms with Crippen molar-refractivity contribution in [2.75, 3.05) is 6.26 Å². The smallest absolute Gasteiger partial charge is 0.391 e. The zero-order valence-corrected chi connectivity index (χ0v) is 14.5. The zero-order valence-electron chi connectivity index (χ0n) is 12.2. The molecule has 0 saturated heterocycles. The van der Waals surface area contributed by atoms with Crippen LogP contribution in [0.2, 0.25) is 10.0 Å². The van der Waals surface area contributed by atoms with Gasteiger partial charge in [-0.25, -0.2) is 4.79 Å². The summed E-state index contributed by atoms with van der Waals surface area (Å²) in [6.45, 7) is 3.56. The van der Waals surface area contributed by atoms with Crippen molar-refractivity contribution >= 4 is 35.0 Å².